The summed E-state index contributed by atoms with van der Waals surface area (Å²) in [6.07, 6.45) is 0.469. The second-order valence-electron chi connectivity index (χ2n) is 8.52. The van der Waals surface area contributed by atoms with Gasteiger partial charge in [0.15, 0.2) is 17.5 Å². The van der Waals surface area contributed by atoms with Crippen LogP contribution in [0.15, 0.2) is 53.5 Å². The third-order valence-electron chi connectivity index (χ3n) is 5.74. The summed E-state index contributed by atoms with van der Waals surface area (Å²) in [6, 6.07) is 16.3. The SMILES string of the molecule is CN=C(NCc1ccccc1CN1CC(C)OC(C)C1)NCC1COc2ccccc2O1.I. The summed E-state index contributed by atoms with van der Waals surface area (Å²) >= 11 is 0. The number of benzene rings is 2. The van der Waals surface area contributed by atoms with E-state index in [1.54, 1.807) is 7.05 Å². The minimum Gasteiger partial charge on any atom is -0.486 e. The Balaban J connectivity index is 0.00000306. The molecule has 2 aromatic rings. The number of fused-ring (bicyclic) bond motifs is 1. The highest BCUT2D eigenvalue weighted by Gasteiger charge is 2.23. The molecule has 2 aliphatic rings. The van der Waals surface area contributed by atoms with E-state index in [1.807, 2.05) is 24.3 Å². The molecule has 2 N–H and O–H groups in total. The summed E-state index contributed by atoms with van der Waals surface area (Å²) < 4.78 is 17.7. The van der Waals surface area contributed by atoms with Gasteiger partial charge in [0.1, 0.15) is 12.7 Å². The molecule has 1 fully saturated rings. The van der Waals surface area contributed by atoms with Crippen molar-refractivity contribution in [3.8, 4) is 11.5 Å². The number of rotatable bonds is 6. The summed E-state index contributed by atoms with van der Waals surface area (Å²) in [6.45, 7) is 8.96. The van der Waals surface area contributed by atoms with E-state index in [-0.39, 0.29) is 42.3 Å². The lowest BCUT2D eigenvalue weighted by Crippen LogP contribution is -2.45. The first kappa shape index (κ1) is 25.6. The van der Waals surface area contributed by atoms with Gasteiger partial charge in [-0.05, 0) is 37.1 Å². The van der Waals surface area contributed by atoms with Crippen molar-refractivity contribution in [3.63, 3.8) is 0 Å². The Bertz CT molecular complexity index is 916. The molecular weight excluding hydrogens is 531 g/mol. The Morgan fingerprint density at radius 1 is 0.970 bits per heavy atom. The Labute approximate surface area is 213 Å². The predicted molar refractivity (Wildman–Crippen MR) is 142 cm³/mol. The Kier molecular flexibility index (Phi) is 9.64. The normalized spacial score (nSPS) is 22.9. The van der Waals surface area contributed by atoms with Crippen molar-refractivity contribution in [2.45, 2.75) is 45.2 Å². The quantitative estimate of drug-likeness (QED) is 0.318. The van der Waals surface area contributed by atoms with Gasteiger partial charge in [0.25, 0.3) is 0 Å². The summed E-state index contributed by atoms with van der Waals surface area (Å²) in [4.78, 5) is 6.84. The molecule has 8 heteroatoms. The molecule has 180 valence electrons. The first-order chi connectivity index (χ1) is 15.6. The van der Waals surface area contributed by atoms with E-state index in [2.05, 4.69) is 58.6 Å². The summed E-state index contributed by atoms with van der Waals surface area (Å²) in [5, 5.41) is 6.80. The van der Waals surface area contributed by atoms with Crippen molar-refractivity contribution < 1.29 is 14.2 Å². The van der Waals surface area contributed by atoms with Crippen LogP contribution < -0.4 is 20.1 Å². The van der Waals surface area contributed by atoms with Crippen LogP contribution in [0.4, 0.5) is 0 Å². The zero-order valence-electron chi connectivity index (χ0n) is 19.6. The van der Waals surface area contributed by atoms with E-state index < -0.39 is 0 Å². The Hall–Kier alpha value is -2.04. The molecule has 0 aromatic heterocycles. The minimum absolute atomic E-state index is 0. The molecule has 0 spiro atoms. The van der Waals surface area contributed by atoms with Gasteiger partial charge < -0.3 is 24.8 Å². The molecule has 4 rings (SSSR count). The second kappa shape index (κ2) is 12.4. The largest absolute Gasteiger partial charge is 0.486 e. The van der Waals surface area contributed by atoms with E-state index in [0.717, 1.165) is 37.1 Å². The maximum Gasteiger partial charge on any atom is 0.191 e. The van der Waals surface area contributed by atoms with Crippen LogP contribution >= 0.6 is 24.0 Å². The molecule has 2 heterocycles. The zero-order valence-corrected chi connectivity index (χ0v) is 22.0. The number of hydrogen-bond acceptors (Lipinski definition) is 5. The molecule has 7 nitrogen and oxygen atoms in total. The lowest BCUT2D eigenvalue weighted by Gasteiger charge is -2.35. The first-order valence-corrected chi connectivity index (χ1v) is 11.4. The number of morpholine rings is 1. The first-order valence-electron chi connectivity index (χ1n) is 11.4. The molecule has 3 atom stereocenters. The summed E-state index contributed by atoms with van der Waals surface area (Å²) in [7, 11) is 1.78. The van der Waals surface area contributed by atoms with Gasteiger partial charge in [-0.2, -0.15) is 0 Å². The average molecular weight is 566 g/mol. The lowest BCUT2D eigenvalue weighted by molar-refractivity contribution is -0.0705. The number of halogens is 1. The highest BCUT2D eigenvalue weighted by atomic mass is 127. The molecule has 1 saturated heterocycles. The van der Waals surface area contributed by atoms with Crippen LogP contribution in [0.5, 0.6) is 11.5 Å². The van der Waals surface area contributed by atoms with Gasteiger partial charge in [-0.25, -0.2) is 0 Å². The van der Waals surface area contributed by atoms with Crippen molar-refractivity contribution in [2.24, 2.45) is 4.99 Å². The van der Waals surface area contributed by atoms with Crippen LogP contribution in [0.25, 0.3) is 0 Å². The lowest BCUT2D eigenvalue weighted by atomic mass is 10.1. The van der Waals surface area contributed by atoms with Crippen LogP contribution in [0.1, 0.15) is 25.0 Å². The minimum atomic E-state index is -0.0685. The topological polar surface area (TPSA) is 67.4 Å². The van der Waals surface area contributed by atoms with Gasteiger partial charge in [0.05, 0.1) is 18.8 Å². The van der Waals surface area contributed by atoms with Crippen LogP contribution in [0.3, 0.4) is 0 Å². The Morgan fingerprint density at radius 3 is 2.36 bits per heavy atom. The van der Waals surface area contributed by atoms with E-state index in [0.29, 0.717) is 19.7 Å². The highest BCUT2D eigenvalue weighted by Crippen LogP contribution is 2.30. The van der Waals surface area contributed by atoms with Gasteiger partial charge in [0.2, 0.25) is 0 Å². The molecular formula is C25H35IN4O3. The maximum atomic E-state index is 6.02. The number of nitrogens with zero attached hydrogens (tertiary/aromatic N) is 2. The van der Waals surface area contributed by atoms with E-state index in [4.69, 9.17) is 14.2 Å². The van der Waals surface area contributed by atoms with Crippen molar-refractivity contribution >= 4 is 29.9 Å². The molecule has 0 radical (unpaired) electrons. The molecule has 2 aromatic carbocycles. The van der Waals surface area contributed by atoms with Gasteiger partial charge >= 0.3 is 0 Å². The third-order valence-corrected chi connectivity index (χ3v) is 5.74. The summed E-state index contributed by atoms with van der Waals surface area (Å²) in [5.74, 6) is 2.33. The van der Waals surface area contributed by atoms with Crippen molar-refractivity contribution in [1.29, 1.82) is 0 Å². The fraction of sp³-hybridized carbons (Fsp3) is 0.480. The molecule has 3 unspecified atom stereocenters. The monoisotopic (exact) mass is 566 g/mol. The standard InChI is InChI=1S/C25H34N4O3.HI/c1-18-14-29(15-19(2)31-18)16-21-9-5-4-8-20(21)12-27-25(26-3)28-13-22-17-30-23-10-6-7-11-24(23)32-22;/h4-11,18-19,22H,12-17H2,1-3H3,(H2,26,27,28);1H. The second-order valence-corrected chi connectivity index (χ2v) is 8.52. The molecule has 0 saturated carbocycles. The number of ether oxygens (including phenoxy) is 3. The van der Waals surface area contributed by atoms with E-state index >= 15 is 0 Å². The predicted octanol–water partition coefficient (Wildman–Crippen LogP) is 3.42. The van der Waals surface area contributed by atoms with Crippen LogP contribution in [-0.4, -0.2) is 62.5 Å². The molecule has 2 aliphatic heterocycles. The van der Waals surface area contributed by atoms with Gasteiger partial charge in [0, 0.05) is 33.2 Å². The van der Waals surface area contributed by atoms with Crippen molar-refractivity contribution in [3.05, 3.63) is 59.7 Å². The van der Waals surface area contributed by atoms with Gasteiger partial charge in [-0.1, -0.05) is 36.4 Å². The highest BCUT2D eigenvalue weighted by molar-refractivity contribution is 14.0. The molecule has 0 aliphatic carbocycles. The van der Waals surface area contributed by atoms with Crippen LogP contribution in [0.2, 0.25) is 0 Å². The number of aliphatic imine (C=N–C) groups is 1. The van der Waals surface area contributed by atoms with Crippen LogP contribution in [0, 0.1) is 0 Å². The number of hydrogen-bond donors (Lipinski definition) is 2. The van der Waals surface area contributed by atoms with Gasteiger partial charge in [-0.15, -0.1) is 24.0 Å². The average Bonchev–Trinajstić information content (AvgIpc) is 2.79. The maximum absolute atomic E-state index is 6.02. The summed E-state index contributed by atoms with van der Waals surface area (Å²) in [5.41, 5.74) is 2.60. The van der Waals surface area contributed by atoms with Gasteiger partial charge in [-0.3, -0.25) is 9.89 Å². The smallest absolute Gasteiger partial charge is 0.191 e. The number of nitrogens with one attached hydrogen (secondary N) is 2. The van der Waals surface area contributed by atoms with E-state index in [1.165, 1.54) is 11.1 Å². The molecule has 0 bridgehead atoms. The van der Waals surface area contributed by atoms with Crippen molar-refractivity contribution in [2.75, 3.05) is 33.3 Å². The molecule has 0 amide bonds. The third kappa shape index (κ3) is 7.22. The number of para-hydroxylation sites is 2. The fourth-order valence-electron chi connectivity index (χ4n) is 4.31. The number of guanidine groups is 1. The fourth-order valence-corrected chi connectivity index (χ4v) is 4.31. The molecule has 33 heavy (non-hydrogen) atoms. The van der Waals surface area contributed by atoms with E-state index in [9.17, 15) is 0 Å². The Morgan fingerprint density at radius 2 is 1.64 bits per heavy atom. The zero-order chi connectivity index (χ0) is 22.3. The van der Waals surface area contributed by atoms with Crippen molar-refractivity contribution in [1.82, 2.24) is 15.5 Å². The van der Waals surface area contributed by atoms with Crippen LogP contribution in [-0.2, 0) is 17.8 Å².